The zero-order valence-corrected chi connectivity index (χ0v) is 15.3. The lowest BCUT2D eigenvalue weighted by Gasteiger charge is -2.15. The van der Waals surface area contributed by atoms with Crippen LogP contribution in [0, 0.1) is 11.3 Å². The molecule has 1 aromatic heterocycles. The normalized spacial score (nSPS) is 10.3. The molecule has 7 nitrogen and oxygen atoms in total. The second kappa shape index (κ2) is 8.15. The summed E-state index contributed by atoms with van der Waals surface area (Å²) in [5.74, 6) is 0.839. The summed E-state index contributed by atoms with van der Waals surface area (Å²) in [7, 11) is 0. The van der Waals surface area contributed by atoms with Gasteiger partial charge in [-0.3, -0.25) is 0 Å². The van der Waals surface area contributed by atoms with E-state index in [0.717, 1.165) is 24.2 Å². The van der Waals surface area contributed by atoms with E-state index < -0.39 is 0 Å². The van der Waals surface area contributed by atoms with Crippen LogP contribution in [0.2, 0.25) is 0 Å². The van der Waals surface area contributed by atoms with E-state index in [4.69, 9.17) is 11.0 Å². The van der Waals surface area contributed by atoms with Gasteiger partial charge in [0.15, 0.2) is 0 Å². The molecule has 0 aliphatic carbocycles. The molecule has 0 aliphatic heterocycles. The molecule has 0 saturated carbocycles. The van der Waals surface area contributed by atoms with Crippen LogP contribution in [0.5, 0.6) is 0 Å². The highest BCUT2D eigenvalue weighted by molar-refractivity contribution is 5.65. The molecule has 136 valence electrons. The van der Waals surface area contributed by atoms with Crippen molar-refractivity contribution in [2.45, 2.75) is 26.7 Å². The Balaban J connectivity index is 1.89. The fraction of sp³-hybridized carbons (Fsp3) is 0.200. The smallest absolute Gasteiger partial charge is 0.233 e. The number of nitrogens with zero attached hydrogens (tertiary/aromatic N) is 4. The highest BCUT2D eigenvalue weighted by Gasteiger charge is 2.10. The molecule has 0 unspecified atom stereocenters. The van der Waals surface area contributed by atoms with Crippen LogP contribution in [-0.2, 0) is 12.8 Å². The number of benzene rings is 2. The number of hydrogen-bond donors (Lipinski definition) is 3. The fourth-order valence-corrected chi connectivity index (χ4v) is 2.78. The molecule has 3 aromatic rings. The number of nitrogens with one attached hydrogen (secondary N) is 2. The van der Waals surface area contributed by atoms with E-state index in [1.165, 1.54) is 11.1 Å². The fourth-order valence-electron chi connectivity index (χ4n) is 2.78. The van der Waals surface area contributed by atoms with Crippen molar-refractivity contribution in [1.29, 1.82) is 5.26 Å². The second-order valence-electron chi connectivity index (χ2n) is 5.94. The molecule has 0 spiro atoms. The maximum atomic E-state index is 8.89. The number of nitrogens with two attached hydrogens (primary N) is 1. The average Bonchev–Trinajstić information content (AvgIpc) is 2.68. The van der Waals surface area contributed by atoms with Crippen LogP contribution in [0.4, 0.5) is 29.2 Å². The van der Waals surface area contributed by atoms with E-state index in [2.05, 4.69) is 63.7 Å². The van der Waals surface area contributed by atoms with Gasteiger partial charge in [-0.15, -0.1) is 0 Å². The molecule has 4 N–H and O–H groups in total. The number of para-hydroxylation sites is 1. The molecule has 7 heteroatoms. The topological polar surface area (TPSA) is 113 Å². The lowest BCUT2D eigenvalue weighted by molar-refractivity contribution is 1.05. The van der Waals surface area contributed by atoms with Gasteiger partial charge in [0.2, 0.25) is 17.8 Å². The Morgan fingerprint density at radius 1 is 0.889 bits per heavy atom. The van der Waals surface area contributed by atoms with Gasteiger partial charge in [-0.1, -0.05) is 32.0 Å². The molecule has 0 saturated heterocycles. The minimum absolute atomic E-state index is 0.121. The zero-order valence-electron chi connectivity index (χ0n) is 15.3. The van der Waals surface area contributed by atoms with Crippen molar-refractivity contribution in [2.75, 3.05) is 16.4 Å². The first kappa shape index (κ1) is 18.1. The molecule has 0 amide bonds. The number of anilines is 5. The monoisotopic (exact) mass is 359 g/mol. The maximum absolute atomic E-state index is 8.89. The molecule has 0 aliphatic rings. The summed E-state index contributed by atoms with van der Waals surface area (Å²) in [5, 5.41) is 15.3. The van der Waals surface area contributed by atoms with Gasteiger partial charge in [-0.2, -0.15) is 20.2 Å². The van der Waals surface area contributed by atoms with Crippen molar-refractivity contribution >= 4 is 29.2 Å². The van der Waals surface area contributed by atoms with Gasteiger partial charge in [0.1, 0.15) is 0 Å². The largest absolute Gasteiger partial charge is 0.368 e. The van der Waals surface area contributed by atoms with E-state index >= 15 is 0 Å². The standard InChI is InChI=1S/C20H21N7/c1-3-14-6-5-7-15(4-2)17(14)24-20-26-18(22)25-19(27-20)23-16-10-8-13(12-21)9-11-16/h5-11H,3-4H2,1-2H3,(H4,22,23,24,25,26,27). The van der Waals surface area contributed by atoms with Gasteiger partial charge in [0, 0.05) is 11.4 Å². The lowest BCUT2D eigenvalue weighted by atomic mass is 10.0. The average molecular weight is 359 g/mol. The summed E-state index contributed by atoms with van der Waals surface area (Å²) in [6.45, 7) is 4.22. The molecular weight excluding hydrogens is 338 g/mol. The SMILES string of the molecule is CCc1cccc(CC)c1Nc1nc(N)nc(Nc2ccc(C#N)cc2)n1. The summed E-state index contributed by atoms with van der Waals surface area (Å²) < 4.78 is 0. The first-order valence-corrected chi connectivity index (χ1v) is 8.79. The third-order valence-corrected chi connectivity index (χ3v) is 4.16. The summed E-state index contributed by atoms with van der Waals surface area (Å²) in [5.41, 5.74) is 10.6. The van der Waals surface area contributed by atoms with E-state index in [-0.39, 0.29) is 5.95 Å². The molecule has 27 heavy (non-hydrogen) atoms. The van der Waals surface area contributed by atoms with Crippen LogP contribution >= 0.6 is 0 Å². The van der Waals surface area contributed by atoms with Crippen molar-refractivity contribution in [3.8, 4) is 6.07 Å². The summed E-state index contributed by atoms with van der Waals surface area (Å²) in [4.78, 5) is 12.8. The van der Waals surface area contributed by atoms with Crippen LogP contribution in [0.25, 0.3) is 0 Å². The highest BCUT2D eigenvalue weighted by atomic mass is 15.2. The lowest BCUT2D eigenvalue weighted by Crippen LogP contribution is -2.08. The van der Waals surface area contributed by atoms with Crippen molar-refractivity contribution in [2.24, 2.45) is 0 Å². The molecular formula is C20H21N7. The van der Waals surface area contributed by atoms with Crippen LogP contribution in [0.3, 0.4) is 0 Å². The molecule has 1 heterocycles. The third-order valence-electron chi connectivity index (χ3n) is 4.16. The highest BCUT2D eigenvalue weighted by Crippen LogP contribution is 2.26. The maximum Gasteiger partial charge on any atom is 0.233 e. The molecule has 0 bridgehead atoms. The first-order valence-electron chi connectivity index (χ1n) is 8.79. The predicted molar refractivity (Wildman–Crippen MR) is 107 cm³/mol. The van der Waals surface area contributed by atoms with Gasteiger partial charge < -0.3 is 16.4 Å². The Morgan fingerprint density at radius 3 is 2.04 bits per heavy atom. The van der Waals surface area contributed by atoms with Crippen LogP contribution < -0.4 is 16.4 Å². The minimum atomic E-state index is 0.121. The Bertz CT molecular complexity index is 952. The molecule has 2 aromatic carbocycles. The zero-order chi connectivity index (χ0) is 19.2. The number of nitriles is 1. The van der Waals surface area contributed by atoms with E-state index in [1.807, 2.05) is 0 Å². The van der Waals surface area contributed by atoms with Crippen molar-refractivity contribution in [3.63, 3.8) is 0 Å². The van der Waals surface area contributed by atoms with E-state index in [1.54, 1.807) is 24.3 Å². The first-order chi connectivity index (χ1) is 13.1. The van der Waals surface area contributed by atoms with Crippen LogP contribution in [0.1, 0.15) is 30.5 Å². The molecule has 3 rings (SSSR count). The van der Waals surface area contributed by atoms with Crippen molar-refractivity contribution in [3.05, 3.63) is 59.2 Å². The Labute approximate surface area is 158 Å². The van der Waals surface area contributed by atoms with Gasteiger partial charge in [-0.05, 0) is 48.2 Å². The quantitative estimate of drug-likeness (QED) is 0.611. The summed E-state index contributed by atoms with van der Waals surface area (Å²) >= 11 is 0. The van der Waals surface area contributed by atoms with Crippen molar-refractivity contribution in [1.82, 2.24) is 15.0 Å². The van der Waals surface area contributed by atoms with E-state index in [0.29, 0.717) is 17.5 Å². The number of hydrogen-bond acceptors (Lipinski definition) is 7. The third kappa shape index (κ3) is 4.30. The Morgan fingerprint density at radius 2 is 1.48 bits per heavy atom. The molecule has 0 fully saturated rings. The number of nitrogen functional groups attached to an aromatic ring is 1. The van der Waals surface area contributed by atoms with Crippen LogP contribution in [-0.4, -0.2) is 15.0 Å². The molecule has 0 atom stereocenters. The number of aromatic nitrogens is 3. The van der Waals surface area contributed by atoms with Gasteiger partial charge in [0.05, 0.1) is 11.6 Å². The van der Waals surface area contributed by atoms with E-state index in [9.17, 15) is 0 Å². The van der Waals surface area contributed by atoms with Gasteiger partial charge in [0.25, 0.3) is 0 Å². The Hall–Kier alpha value is -3.66. The second-order valence-corrected chi connectivity index (χ2v) is 5.94. The molecule has 0 radical (unpaired) electrons. The van der Waals surface area contributed by atoms with Gasteiger partial charge >= 0.3 is 0 Å². The summed E-state index contributed by atoms with van der Waals surface area (Å²) in [6, 6.07) is 15.3. The Kier molecular flexibility index (Phi) is 5.47. The van der Waals surface area contributed by atoms with Crippen LogP contribution in [0.15, 0.2) is 42.5 Å². The predicted octanol–water partition coefficient (Wildman–Crippen LogP) is 3.94. The van der Waals surface area contributed by atoms with Gasteiger partial charge in [-0.25, -0.2) is 0 Å². The number of aryl methyl sites for hydroxylation is 2. The van der Waals surface area contributed by atoms with Crippen molar-refractivity contribution < 1.29 is 0 Å². The number of rotatable bonds is 6. The minimum Gasteiger partial charge on any atom is -0.368 e. The summed E-state index contributed by atoms with van der Waals surface area (Å²) in [6.07, 6.45) is 1.79.